The molecular formula is C29H40N4O2. The van der Waals surface area contributed by atoms with Crippen molar-refractivity contribution in [3.05, 3.63) is 103 Å². The molecule has 0 fully saturated rings. The van der Waals surface area contributed by atoms with Crippen molar-refractivity contribution in [1.29, 1.82) is 0 Å². The van der Waals surface area contributed by atoms with Crippen molar-refractivity contribution in [3.63, 3.8) is 0 Å². The van der Waals surface area contributed by atoms with Crippen LogP contribution in [0.1, 0.15) is 40.5 Å². The zero-order valence-electron chi connectivity index (χ0n) is 21.4. The molecular weight excluding hydrogens is 436 g/mol. The molecule has 0 aliphatic rings. The number of para-hydroxylation sites is 1. The molecule has 6 heteroatoms. The van der Waals surface area contributed by atoms with Gasteiger partial charge < -0.3 is 21.1 Å². The molecule has 0 unspecified atom stereocenters. The van der Waals surface area contributed by atoms with Gasteiger partial charge in [0.25, 0.3) is 0 Å². The highest BCUT2D eigenvalue weighted by Gasteiger charge is 1.99. The fraction of sp³-hybridized carbons (Fsp3) is 0.310. The third-order valence-corrected chi connectivity index (χ3v) is 4.46. The van der Waals surface area contributed by atoms with Gasteiger partial charge in [-0.2, -0.15) is 5.10 Å². The summed E-state index contributed by atoms with van der Waals surface area (Å²) in [7, 11) is 0. The minimum absolute atomic E-state index is 0.391. The minimum Gasteiger partial charge on any atom is -0.501 e. The number of amidine groups is 1. The maximum absolute atomic E-state index is 5.95. The Bertz CT molecular complexity index is 968. The Morgan fingerprint density at radius 1 is 1.14 bits per heavy atom. The third kappa shape index (κ3) is 14.1. The highest BCUT2D eigenvalue weighted by molar-refractivity contribution is 5.80. The smallest absolute Gasteiger partial charge is 0.119 e. The van der Waals surface area contributed by atoms with Gasteiger partial charge in [0.2, 0.25) is 0 Å². The third-order valence-electron chi connectivity index (χ3n) is 4.46. The number of hydrazone groups is 1. The van der Waals surface area contributed by atoms with E-state index in [4.69, 9.17) is 21.1 Å². The number of nitrogens with zero attached hydrogens (tertiary/aromatic N) is 2. The molecule has 0 aliphatic carbocycles. The standard InChI is InChI=1S/C20H33N3O2.C9H7N/c1-5-10-18(11-9-14-24-6-2)16-25-19(15-17(3)4)12-7-8-13-20(21)23-22;1-2-6-9-8(4-1)5-3-7-10-9/h5,7,9-12,14-15,17H,6,8,13,16,22H2,1-4H3,(H2,21,23);1-7H/b10-5-,12-7-,14-9+,18-11+,19-15+;. The van der Waals surface area contributed by atoms with Crippen LogP contribution in [0.3, 0.4) is 0 Å². The second-order valence-electron chi connectivity index (χ2n) is 7.88. The van der Waals surface area contributed by atoms with E-state index in [0.29, 0.717) is 31.4 Å². The Hall–Kier alpha value is -3.80. The van der Waals surface area contributed by atoms with Gasteiger partial charge in [0.05, 0.1) is 18.4 Å². The second kappa shape index (κ2) is 18.6. The number of allylic oxidation sites excluding steroid dienone is 6. The lowest BCUT2D eigenvalue weighted by Crippen LogP contribution is -2.13. The van der Waals surface area contributed by atoms with Gasteiger partial charge in [-0.15, -0.1) is 0 Å². The van der Waals surface area contributed by atoms with Crippen LogP contribution in [0.5, 0.6) is 0 Å². The van der Waals surface area contributed by atoms with Gasteiger partial charge in [-0.1, -0.05) is 62.4 Å². The molecule has 6 nitrogen and oxygen atoms in total. The number of aromatic nitrogens is 1. The summed E-state index contributed by atoms with van der Waals surface area (Å²) in [4.78, 5) is 4.18. The second-order valence-corrected chi connectivity index (χ2v) is 7.88. The fourth-order valence-corrected chi connectivity index (χ4v) is 2.84. The Labute approximate surface area is 210 Å². The molecule has 0 spiro atoms. The van der Waals surface area contributed by atoms with Crippen molar-refractivity contribution in [2.45, 2.75) is 40.5 Å². The normalized spacial score (nSPS) is 13.1. The molecule has 0 aliphatic heterocycles. The molecule has 1 aromatic heterocycles. The van der Waals surface area contributed by atoms with Gasteiger partial charge in [-0.25, -0.2) is 0 Å². The van der Waals surface area contributed by atoms with Crippen LogP contribution < -0.4 is 11.6 Å². The number of hydrogen-bond acceptors (Lipinski definition) is 5. The van der Waals surface area contributed by atoms with E-state index in [1.54, 1.807) is 6.26 Å². The number of ether oxygens (including phenoxy) is 2. The zero-order valence-corrected chi connectivity index (χ0v) is 21.4. The maximum Gasteiger partial charge on any atom is 0.119 e. The van der Waals surface area contributed by atoms with Crippen LogP contribution in [0.15, 0.2) is 108 Å². The molecule has 188 valence electrons. The minimum atomic E-state index is 0.391. The fourth-order valence-electron chi connectivity index (χ4n) is 2.84. The summed E-state index contributed by atoms with van der Waals surface area (Å²) in [5.41, 5.74) is 7.70. The van der Waals surface area contributed by atoms with E-state index >= 15 is 0 Å². The maximum atomic E-state index is 5.95. The van der Waals surface area contributed by atoms with Gasteiger partial charge in [-0.05, 0) is 62.1 Å². The Balaban J connectivity index is 0.000000497. The quantitative estimate of drug-likeness (QED) is 0.0923. The molecule has 0 atom stereocenters. The van der Waals surface area contributed by atoms with Crippen molar-refractivity contribution < 1.29 is 9.47 Å². The zero-order chi connectivity index (χ0) is 25.7. The van der Waals surface area contributed by atoms with Crippen LogP contribution in [0.25, 0.3) is 10.9 Å². The van der Waals surface area contributed by atoms with Crippen LogP contribution in [-0.4, -0.2) is 24.0 Å². The lowest BCUT2D eigenvalue weighted by Gasteiger charge is -2.09. The van der Waals surface area contributed by atoms with Crippen LogP contribution >= 0.6 is 0 Å². The predicted molar refractivity (Wildman–Crippen MR) is 148 cm³/mol. The van der Waals surface area contributed by atoms with Crippen LogP contribution in [-0.2, 0) is 9.47 Å². The molecule has 1 heterocycles. The first-order chi connectivity index (χ1) is 17.0. The number of fused-ring (bicyclic) bond motifs is 1. The van der Waals surface area contributed by atoms with Gasteiger partial charge in [0, 0.05) is 18.0 Å². The number of benzene rings is 1. The monoisotopic (exact) mass is 476 g/mol. The first-order valence-corrected chi connectivity index (χ1v) is 11.9. The van der Waals surface area contributed by atoms with E-state index in [1.807, 2.05) is 80.8 Å². The molecule has 2 rings (SSSR count). The Morgan fingerprint density at radius 3 is 2.60 bits per heavy atom. The first kappa shape index (κ1) is 29.2. The van der Waals surface area contributed by atoms with Crippen LogP contribution in [0.2, 0.25) is 0 Å². The lowest BCUT2D eigenvalue weighted by atomic mass is 10.2. The van der Waals surface area contributed by atoms with Gasteiger partial charge in [-0.3, -0.25) is 4.98 Å². The molecule has 0 bridgehead atoms. The highest BCUT2D eigenvalue weighted by Crippen LogP contribution is 2.11. The van der Waals surface area contributed by atoms with Crippen molar-refractivity contribution in [2.75, 3.05) is 13.2 Å². The van der Waals surface area contributed by atoms with E-state index in [2.05, 4.69) is 42.1 Å². The van der Waals surface area contributed by atoms with Crippen LogP contribution in [0.4, 0.5) is 0 Å². The summed E-state index contributed by atoms with van der Waals surface area (Å²) in [6, 6.07) is 12.1. The van der Waals surface area contributed by atoms with Crippen molar-refractivity contribution in [1.82, 2.24) is 4.98 Å². The largest absolute Gasteiger partial charge is 0.501 e. The Kier molecular flexibility index (Phi) is 15.5. The summed E-state index contributed by atoms with van der Waals surface area (Å²) in [6.45, 7) is 9.30. The van der Waals surface area contributed by atoms with Gasteiger partial charge in [0.15, 0.2) is 0 Å². The first-order valence-electron chi connectivity index (χ1n) is 11.9. The lowest BCUT2D eigenvalue weighted by molar-refractivity contribution is 0.252. The van der Waals surface area contributed by atoms with Gasteiger partial charge in [0.1, 0.15) is 18.2 Å². The number of nitrogens with two attached hydrogens (primary N) is 2. The van der Waals surface area contributed by atoms with Crippen molar-refractivity contribution in [2.24, 2.45) is 22.6 Å². The van der Waals surface area contributed by atoms with E-state index in [1.165, 1.54) is 5.39 Å². The van der Waals surface area contributed by atoms with Crippen LogP contribution in [0, 0.1) is 5.92 Å². The number of pyridine rings is 1. The average molecular weight is 477 g/mol. The molecule has 0 saturated carbocycles. The van der Waals surface area contributed by atoms with E-state index in [0.717, 1.165) is 23.3 Å². The molecule has 1 aromatic carbocycles. The number of hydrogen-bond donors (Lipinski definition) is 2. The topological polar surface area (TPSA) is 95.8 Å². The SMILES string of the molecule is C\C=C/C(=C\C=C\OCC)COC(/C=C\CC/C(N)=N/N)=C/C(C)C.c1ccc2ncccc2c1. The van der Waals surface area contributed by atoms with E-state index < -0.39 is 0 Å². The molecule has 0 amide bonds. The summed E-state index contributed by atoms with van der Waals surface area (Å²) in [5, 5.41) is 4.66. The van der Waals surface area contributed by atoms with E-state index in [-0.39, 0.29) is 0 Å². The summed E-state index contributed by atoms with van der Waals surface area (Å²) < 4.78 is 11.1. The highest BCUT2D eigenvalue weighted by atomic mass is 16.5. The Morgan fingerprint density at radius 2 is 1.91 bits per heavy atom. The van der Waals surface area contributed by atoms with Crippen molar-refractivity contribution in [3.8, 4) is 0 Å². The number of rotatable bonds is 12. The molecule has 0 radical (unpaired) electrons. The average Bonchev–Trinajstić information content (AvgIpc) is 2.87. The summed E-state index contributed by atoms with van der Waals surface area (Å²) in [5.74, 6) is 6.79. The van der Waals surface area contributed by atoms with E-state index in [9.17, 15) is 0 Å². The predicted octanol–water partition coefficient (Wildman–Crippen LogP) is 6.40. The molecule has 0 saturated heterocycles. The molecule has 35 heavy (non-hydrogen) atoms. The van der Waals surface area contributed by atoms with Crippen molar-refractivity contribution >= 4 is 16.7 Å². The molecule has 2 aromatic rings. The molecule has 4 N–H and O–H groups in total. The summed E-state index contributed by atoms with van der Waals surface area (Å²) in [6.07, 6.45) is 18.8. The summed E-state index contributed by atoms with van der Waals surface area (Å²) >= 11 is 0. The van der Waals surface area contributed by atoms with Gasteiger partial charge >= 0.3 is 0 Å².